The summed E-state index contributed by atoms with van der Waals surface area (Å²) in [5.74, 6) is 0.528. The Kier molecular flexibility index (Phi) is 5.36. The van der Waals surface area contributed by atoms with Gasteiger partial charge in [-0.15, -0.1) is 11.3 Å². The molecule has 1 heterocycles. The maximum absolute atomic E-state index is 5.25. The van der Waals surface area contributed by atoms with Crippen molar-refractivity contribution < 1.29 is 0 Å². The van der Waals surface area contributed by atoms with Crippen LogP contribution in [0.1, 0.15) is 30.2 Å². The summed E-state index contributed by atoms with van der Waals surface area (Å²) >= 11 is 6.87. The van der Waals surface area contributed by atoms with E-state index in [9.17, 15) is 0 Å². The monoisotopic (exact) mass is 317 g/mol. The number of hydrogen-bond acceptors (Lipinski definition) is 3. The molecular formula is C16H19N3S2. The van der Waals surface area contributed by atoms with Crippen LogP contribution >= 0.6 is 23.6 Å². The smallest absolute Gasteiger partial charge is 0.189 e. The van der Waals surface area contributed by atoms with Gasteiger partial charge in [0, 0.05) is 5.69 Å². The zero-order valence-corrected chi connectivity index (χ0v) is 13.8. The molecule has 3 nitrogen and oxygen atoms in total. The van der Waals surface area contributed by atoms with Crippen LogP contribution in [0.2, 0.25) is 0 Å². The van der Waals surface area contributed by atoms with Crippen molar-refractivity contribution in [1.82, 2.24) is 10.9 Å². The molecule has 2 aromatic rings. The number of hydrazine groups is 1. The maximum atomic E-state index is 5.25. The standard InChI is InChI=1S/C16H19N3S2/c1-11(2)13-6-8-14(9-7-13)17-16(20)19-18-12(3)15-5-4-10-21-15/h4-11,18H,3H2,1-2H3,(H2,17,19,20). The number of hydrogen-bond donors (Lipinski definition) is 3. The molecule has 0 atom stereocenters. The zero-order chi connectivity index (χ0) is 15.2. The zero-order valence-electron chi connectivity index (χ0n) is 12.1. The van der Waals surface area contributed by atoms with Crippen LogP contribution in [0.25, 0.3) is 5.70 Å². The fourth-order valence-corrected chi connectivity index (χ4v) is 2.58. The van der Waals surface area contributed by atoms with Crippen LogP contribution in [0.5, 0.6) is 0 Å². The lowest BCUT2D eigenvalue weighted by molar-refractivity contribution is 0.853. The first kappa shape index (κ1) is 15.5. The lowest BCUT2D eigenvalue weighted by Gasteiger charge is -2.14. The Balaban J connectivity index is 1.83. The predicted octanol–water partition coefficient (Wildman–Crippen LogP) is 4.33. The molecule has 5 heteroatoms. The number of rotatable bonds is 5. The molecule has 0 aliphatic carbocycles. The van der Waals surface area contributed by atoms with Crippen LogP contribution in [0.4, 0.5) is 5.69 Å². The van der Waals surface area contributed by atoms with Crippen LogP contribution in [-0.2, 0) is 0 Å². The van der Waals surface area contributed by atoms with Gasteiger partial charge in [0.2, 0.25) is 0 Å². The average molecular weight is 317 g/mol. The number of thiophene rings is 1. The number of thiocarbonyl (C=S) groups is 1. The third-order valence-corrected chi connectivity index (χ3v) is 4.11. The normalized spacial score (nSPS) is 10.2. The maximum Gasteiger partial charge on any atom is 0.189 e. The van der Waals surface area contributed by atoms with E-state index in [1.54, 1.807) is 11.3 Å². The minimum absolute atomic E-state index is 0.505. The van der Waals surface area contributed by atoms with Crippen molar-refractivity contribution >= 4 is 40.1 Å². The lowest BCUT2D eigenvalue weighted by Crippen LogP contribution is -2.38. The van der Waals surface area contributed by atoms with Gasteiger partial charge in [-0.2, -0.15) is 0 Å². The highest BCUT2D eigenvalue weighted by atomic mass is 32.1. The molecule has 0 bridgehead atoms. The fourth-order valence-electron chi connectivity index (χ4n) is 1.76. The molecule has 0 unspecified atom stereocenters. The molecule has 110 valence electrons. The molecule has 0 spiro atoms. The van der Waals surface area contributed by atoms with Crippen molar-refractivity contribution in [1.29, 1.82) is 0 Å². The fraction of sp³-hybridized carbons (Fsp3) is 0.188. The first-order valence-electron chi connectivity index (χ1n) is 6.72. The van der Waals surface area contributed by atoms with Crippen molar-refractivity contribution in [3.8, 4) is 0 Å². The molecule has 0 radical (unpaired) electrons. The van der Waals surface area contributed by atoms with E-state index >= 15 is 0 Å². The number of nitrogens with one attached hydrogen (secondary N) is 3. The molecular weight excluding hydrogens is 298 g/mol. The van der Waals surface area contributed by atoms with Gasteiger partial charge in [-0.25, -0.2) is 0 Å². The second-order valence-electron chi connectivity index (χ2n) is 4.94. The summed E-state index contributed by atoms with van der Waals surface area (Å²) in [6, 6.07) is 12.2. The van der Waals surface area contributed by atoms with E-state index < -0.39 is 0 Å². The molecule has 1 aromatic heterocycles. The van der Waals surface area contributed by atoms with Crippen molar-refractivity contribution in [2.45, 2.75) is 19.8 Å². The van der Waals surface area contributed by atoms with E-state index in [-0.39, 0.29) is 0 Å². The van der Waals surface area contributed by atoms with Crippen LogP contribution in [0, 0.1) is 0 Å². The van der Waals surface area contributed by atoms with Gasteiger partial charge >= 0.3 is 0 Å². The Labute approximate surface area is 135 Å². The van der Waals surface area contributed by atoms with E-state index in [2.05, 4.69) is 48.7 Å². The van der Waals surface area contributed by atoms with E-state index in [4.69, 9.17) is 12.2 Å². The first-order chi connectivity index (χ1) is 10.1. The van der Waals surface area contributed by atoms with E-state index in [1.165, 1.54) is 5.56 Å². The Morgan fingerprint density at radius 2 is 1.86 bits per heavy atom. The van der Waals surface area contributed by atoms with Crippen molar-refractivity contribution in [3.63, 3.8) is 0 Å². The van der Waals surface area contributed by atoms with Gasteiger partial charge in [0.25, 0.3) is 0 Å². The highest BCUT2D eigenvalue weighted by Gasteiger charge is 2.02. The highest BCUT2D eigenvalue weighted by molar-refractivity contribution is 7.80. The van der Waals surface area contributed by atoms with Crippen molar-refractivity contribution in [2.75, 3.05) is 5.32 Å². The van der Waals surface area contributed by atoms with Crippen LogP contribution < -0.4 is 16.2 Å². The molecule has 0 saturated heterocycles. The topological polar surface area (TPSA) is 36.1 Å². The third kappa shape index (κ3) is 4.58. The lowest BCUT2D eigenvalue weighted by atomic mass is 10.0. The molecule has 0 fully saturated rings. The van der Waals surface area contributed by atoms with Gasteiger partial charge in [0.15, 0.2) is 5.11 Å². The third-order valence-electron chi connectivity index (χ3n) is 2.98. The molecule has 0 aliphatic rings. The SMILES string of the molecule is C=C(NNC(=S)Nc1ccc(C(C)C)cc1)c1cccs1. The van der Waals surface area contributed by atoms with Crippen LogP contribution in [0.15, 0.2) is 48.4 Å². The van der Waals surface area contributed by atoms with E-state index in [0.717, 1.165) is 16.3 Å². The summed E-state index contributed by atoms with van der Waals surface area (Å²) in [5.41, 5.74) is 8.99. The summed E-state index contributed by atoms with van der Waals surface area (Å²) in [6.45, 7) is 8.31. The van der Waals surface area contributed by atoms with E-state index in [1.807, 2.05) is 29.6 Å². The summed E-state index contributed by atoms with van der Waals surface area (Å²) in [6.07, 6.45) is 0. The Morgan fingerprint density at radius 3 is 2.43 bits per heavy atom. The Bertz CT molecular complexity index is 601. The number of benzene rings is 1. The van der Waals surface area contributed by atoms with Crippen LogP contribution in [-0.4, -0.2) is 5.11 Å². The molecule has 0 aliphatic heterocycles. The Hall–Kier alpha value is -1.85. The molecule has 2 rings (SSSR count). The molecule has 0 amide bonds. The minimum atomic E-state index is 0.505. The second-order valence-corrected chi connectivity index (χ2v) is 6.29. The molecule has 21 heavy (non-hydrogen) atoms. The largest absolute Gasteiger partial charge is 0.331 e. The summed E-state index contributed by atoms with van der Waals surface area (Å²) in [7, 11) is 0. The predicted molar refractivity (Wildman–Crippen MR) is 96.4 cm³/mol. The number of anilines is 1. The van der Waals surface area contributed by atoms with Gasteiger partial charge < -0.3 is 5.32 Å². The minimum Gasteiger partial charge on any atom is -0.331 e. The van der Waals surface area contributed by atoms with Gasteiger partial charge in [-0.3, -0.25) is 10.9 Å². The second kappa shape index (κ2) is 7.24. The molecule has 1 aromatic carbocycles. The average Bonchev–Trinajstić information content (AvgIpc) is 2.99. The van der Waals surface area contributed by atoms with Gasteiger partial charge in [0.05, 0.1) is 10.6 Å². The van der Waals surface area contributed by atoms with Gasteiger partial charge in [0.1, 0.15) is 0 Å². The van der Waals surface area contributed by atoms with Gasteiger partial charge in [-0.05, 0) is 47.3 Å². The van der Waals surface area contributed by atoms with Gasteiger partial charge in [-0.1, -0.05) is 38.6 Å². The van der Waals surface area contributed by atoms with E-state index in [0.29, 0.717) is 11.0 Å². The summed E-state index contributed by atoms with van der Waals surface area (Å²) in [5, 5.41) is 5.64. The molecule has 3 N–H and O–H groups in total. The highest BCUT2D eigenvalue weighted by Crippen LogP contribution is 2.17. The molecule has 0 saturated carbocycles. The quantitative estimate of drug-likeness (QED) is 0.566. The summed E-state index contributed by atoms with van der Waals surface area (Å²) in [4.78, 5) is 1.08. The summed E-state index contributed by atoms with van der Waals surface area (Å²) < 4.78 is 0. The first-order valence-corrected chi connectivity index (χ1v) is 8.01. The Morgan fingerprint density at radius 1 is 1.14 bits per heavy atom. The van der Waals surface area contributed by atoms with Crippen molar-refractivity contribution in [3.05, 3.63) is 58.8 Å². The van der Waals surface area contributed by atoms with Crippen LogP contribution in [0.3, 0.4) is 0 Å². The van der Waals surface area contributed by atoms with Crippen molar-refractivity contribution in [2.24, 2.45) is 0 Å².